The highest BCUT2D eigenvalue weighted by Crippen LogP contribution is 2.16. The first-order valence-electron chi connectivity index (χ1n) is 5.93. The van der Waals surface area contributed by atoms with Gasteiger partial charge in [0.1, 0.15) is 6.10 Å². The van der Waals surface area contributed by atoms with Crippen LogP contribution in [-0.2, 0) is 9.47 Å². The van der Waals surface area contributed by atoms with Crippen LogP contribution >= 0.6 is 0 Å². The van der Waals surface area contributed by atoms with E-state index >= 15 is 0 Å². The molecule has 1 saturated heterocycles. The van der Waals surface area contributed by atoms with Crippen LogP contribution in [0.25, 0.3) is 5.69 Å². The molecule has 0 spiro atoms. The molecule has 0 unspecified atom stereocenters. The van der Waals surface area contributed by atoms with Crippen molar-refractivity contribution in [1.29, 1.82) is 0 Å². The second-order valence-corrected chi connectivity index (χ2v) is 4.27. The number of benzene rings is 1. The van der Waals surface area contributed by atoms with Gasteiger partial charge in [-0.15, -0.1) is 0 Å². The Kier molecular flexibility index (Phi) is 2.92. The molecule has 0 atom stereocenters. The fourth-order valence-electron chi connectivity index (χ4n) is 1.76. The van der Waals surface area contributed by atoms with Crippen molar-refractivity contribution >= 4 is 11.7 Å². The van der Waals surface area contributed by atoms with Gasteiger partial charge in [0.15, 0.2) is 5.69 Å². The lowest BCUT2D eigenvalue weighted by Crippen LogP contribution is -2.37. The maximum Gasteiger partial charge on any atom is 0.359 e. The largest absolute Gasteiger partial charge is 0.453 e. The second-order valence-electron chi connectivity index (χ2n) is 4.27. The summed E-state index contributed by atoms with van der Waals surface area (Å²) in [6.07, 6.45) is 1.53. The minimum absolute atomic E-state index is 0.153. The molecule has 1 aliphatic rings. The fraction of sp³-hybridized carbons (Fsp3) is 0.231. The molecule has 6 nitrogen and oxygen atoms in total. The molecule has 1 aliphatic heterocycles. The first kappa shape index (κ1) is 11.7. The fourth-order valence-corrected chi connectivity index (χ4v) is 1.76. The number of hydrogen-bond acceptors (Lipinski definition) is 5. The number of nitrogen functional groups attached to an aromatic ring is 1. The lowest BCUT2D eigenvalue weighted by Gasteiger charge is -2.25. The summed E-state index contributed by atoms with van der Waals surface area (Å²) in [4.78, 5) is 11.8. The topological polar surface area (TPSA) is 79.4 Å². The number of carbonyl (C=O) groups excluding carboxylic acids is 1. The molecule has 2 aromatic rings. The molecule has 0 radical (unpaired) electrons. The van der Waals surface area contributed by atoms with E-state index in [-0.39, 0.29) is 11.8 Å². The van der Waals surface area contributed by atoms with Gasteiger partial charge in [-0.05, 0) is 18.2 Å². The van der Waals surface area contributed by atoms with Crippen LogP contribution in [0.1, 0.15) is 10.5 Å². The molecular weight excluding hydrogens is 246 g/mol. The first-order valence-corrected chi connectivity index (χ1v) is 5.93. The lowest BCUT2D eigenvalue weighted by atomic mass is 10.3. The van der Waals surface area contributed by atoms with Crippen LogP contribution in [0.2, 0.25) is 0 Å². The Bertz CT molecular complexity index is 605. The Labute approximate surface area is 109 Å². The van der Waals surface area contributed by atoms with Crippen molar-refractivity contribution in [3.05, 3.63) is 42.2 Å². The van der Waals surface area contributed by atoms with Gasteiger partial charge in [-0.25, -0.2) is 9.48 Å². The molecular formula is C13H13N3O3. The Morgan fingerprint density at radius 2 is 2.16 bits per heavy atom. The van der Waals surface area contributed by atoms with Crippen LogP contribution in [0.4, 0.5) is 5.69 Å². The number of nitrogens with zero attached hydrogens (tertiary/aromatic N) is 2. The average molecular weight is 259 g/mol. The number of anilines is 1. The number of para-hydroxylation sites is 2. The van der Waals surface area contributed by atoms with E-state index in [4.69, 9.17) is 15.2 Å². The second kappa shape index (κ2) is 4.74. The Morgan fingerprint density at radius 3 is 2.84 bits per heavy atom. The molecule has 2 N–H and O–H groups in total. The lowest BCUT2D eigenvalue weighted by molar-refractivity contribution is -0.103. The molecule has 1 aromatic heterocycles. The van der Waals surface area contributed by atoms with Crippen molar-refractivity contribution in [3.8, 4) is 5.69 Å². The third-order valence-electron chi connectivity index (χ3n) is 2.86. The third-order valence-corrected chi connectivity index (χ3v) is 2.86. The van der Waals surface area contributed by atoms with E-state index < -0.39 is 5.97 Å². The number of esters is 1. The SMILES string of the molecule is Nc1ccccc1-n1ccc(C(=O)OC2COC2)n1. The number of hydrogen-bond donors (Lipinski definition) is 1. The minimum Gasteiger partial charge on any atom is -0.453 e. The van der Waals surface area contributed by atoms with E-state index in [1.807, 2.05) is 18.2 Å². The van der Waals surface area contributed by atoms with Crippen molar-refractivity contribution in [2.45, 2.75) is 6.10 Å². The van der Waals surface area contributed by atoms with Crippen molar-refractivity contribution in [3.63, 3.8) is 0 Å². The summed E-state index contributed by atoms with van der Waals surface area (Å²) in [5, 5.41) is 4.17. The van der Waals surface area contributed by atoms with E-state index in [0.29, 0.717) is 18.9 Å². The van der Waals surface area contributed by atoms with Gasteiger partial charge in [0, 0.05) is 6.20 Å². The van der Waals surface area contributed by atoms with E-state index in [1.165, 1.54) is 0 Å². The van der Waals surface area contributed by atoms with E-state index in [2.05, 4.69) is 5.10 Å². The Hall–Kier alpha value is -2.34. The molecule has 0 bridgehead atoms. The van der Waals surface area contributed by atoms with Gasteiger partial charge >= 0.3 is 5.97 Å². The van der Waals surface area contributed by atoms with Gasteiger partial charge in [0.25, 0.3) is 0 Å². The summed E-state index contributed by atoms with van der Waals surface area (Å²) in [5.41, 5.74) is 7.44. The third kappa shape index (κ3) is 2.30. The van der Waals surface area contributed by atoms with Crippen LogP contribution in [0, 0.1) is 0 Å². The summed E-state index contributed by atoms with van der Waals surface area (Å²) < 4.78 is 11.7. The van der Waals surface area contributed by atoms with Crippen LogP contribution < -0.4 is 5.73 Å². The van der Waals surface area contributed by atoms with Crippen LogP contribution in [0.15, 0.2) is 36.5 Å². The number of aromatic nitrogens is 2. The molecule has 19 heavy (non-hydrogen) atoms. The van der Waals surface area contributed by atoms with Gasteiger partial charge in [0.05, 0.1) is 24.6 Å². The zero-order valence-electron chi connectivity index (χ0n) is 10.2. The van der Waals surface area contributed by atoms with Crippen molar-refractivity contribution < 1.29 is 14.3 Å². The minimum atomic E-state index is -0.443. The zero-order valence-corrected chi connectivity index (χ0v) is 10.2. The van der Waals surface area contributed by atoms with Gasteiger partial charge in [-0.3, -0.25) is 0 Å². The summed E-state index contributed by atoms with van der Waals surface area (Å²) in [6, 6.07) is 8.91. The maximum atomic E-state index is 11.8. The van der Waals surface area contributed by atoms with Gasteiger partial charge < -0.3 is 15.2 Å². The summed E-state index contributed by atoms with van der Waals surface area (Å²) >= 11 is 0. The van der Waals surface area contributed by atoms with Gasteiger partial charge in [-0.2, -0.15) is 5.10 Å². The number of ether oxygens (including phenoxy) is 2. The van der Waals surface area contributed by atoms with Gasteiger partial charge in [0.2, 0.25) is 0 Å². The van der Waals surface area contributed by atoms with Crippen LogP contribution in [-0.4, -0.2) is 35.1 Å². The van der Waals surface area contributed by atoms with Crippen LogP contribution in [0.5, 0.6) is 0 Å². The molecule has 98 valence electrons. The van der Waals surface area contributed by atoms with E-state index in [0.717, 1.165) is 5.69 Å². The average Bonchev–Trinajstić information content (AvgIpc) is 2.83. The van der Waals surface area contributed by atoms with Crippen molar-refractivity contribution in [2.75, 3.05) is 18.9 Å². The van der Waals surface area contributed by atoms with Crippen molar-refractivity contribution in [2.24, 2.45) is 0 Å². The summed E-state index contributed by atoms with van der Waals surface area (Å²) in [5.74, 6) is -0.443. The molecule has 1 fully saturated rings. The molecule has 0 amide bonds. The first-order chi connectivity index (χ1) is 9.24. The van der Waals surface area contributed by atoms with E-state index in [1.54, 1.807) is 23.0 Å². The van der Waals surface area contributed by atoms with E-state index in [9.17, 15) is 4.79 Å². The van der Waals surface area contributed by atoms with Crippen LogP contribution in [0.3, 0.4) is 0 Å². The Morgan fingerprint density at radius 1 is 1.37 bits per heavy atom. The monoisotopic (exact) mass is 259 g/mol. The normalized spacial score (nSPS) is 14.9. The smallest absolute Gasteiger partial charge is 0.359 e. The predicted octanol–water partition coefficient (Wildman–Crippen LogP) is 1.01. The molecule has 2 heterocycles. The molecule has 1 aromatic carbocycles. The van der Waals surface area contributed by atoms with Gasteiger partial charge in [-0.1, -0.05) is 12.1 Å². The highest BCUT2D eigenvalue weighted by atomic mass is 16.6. The Balaban J connectivity index is 1.79. The summed E-state index contributed by atoms with van der Waals surface area (Å²) in [6.45, 7) is 0.913. The zero-order chi connectivity index (χ0) is 13.2. The summed E-state index contributed by atoms with van der Waals surface area (Å²) in [7, 11) is 0. The number of rotatable bonds is 3. The molecule has 0 saturated carbocycles. The number of carbonyl (C=O) groups is 1. The maximum absolute atomic E-state index is 11.8. The van der Waals surface area contributed by atoms with Crippen molar-refractivity contribution in [1.82, 2.24) is 9.78 Å². The standard InChI is InChI=1S/C13H13N3O3/c14-10-3-1-2-4-12(10)16-6-5-11(15-16)13(17)19-9-7-18-8-9/h1-6,9H,7-8,14H2. The molecule has 0 aliphatic carbocycles. The molecule has 3 rings (SSSR count). The molecule has 6 heteroatoms. The highest BCUT2D eigenvalue weighted by molar-refractivity contribution is 5.87. The quantitative estimate of drug-likeness (QED) is 0.657. The predicted molar refractivity (Wildman–Crippen MR) is 68.0 cm³/mol. The number of nitrogens with two attached hydrogens (primary N) is 1. The highest BCUT2D eigenvalue weighted by Gasteiger charge is 2.24.